The van der Waals surface area contributed by atoms with Gasteiger partial charge in [0.1, 0.15) is 18.4 Å². The third-order valence-corrected chi connectivity index (χ3v) is 3.61. The fourth-order valence-corrected chi connectivity index (χ4v) is 2.42. The van der Waals surface area contributed by atoms with E-state index in [2.05, 4.69) is 10.2 Å². The van der Waals surface area contributed by atoms with Gasteiger partial charge < -0.3 is 10.5 Å². The van der Waals surface area contributed by atoms with E-state index in [9.17, 15) is 9.59 Å². The Kier molecular flexibility index (Phi) is 4.55. The Morgan fingerprint density at radius 3 is 2.71 bits per heavy atom. The fraction of sp³-hybridized carbons (Fsp3) is 0.250. The molecule has 2 N–H and O–H groups in total. The second-order valence-electron chi connectivity index (χ2n) is 5.25. The van der Waals surface area contributed by atoms with Gasteiger partial charge in [0.25, 0.3) is 0 Å². The average molecular weight is 327 g/mol. The lowest BCUT2D eigenvalue weighted by Crippen LogP contribution is -2.39. The number of primary amides is 1. The first kappa shape index (κ1) is 15.7. The van der Waals surface area contributed by atoms with Gasteiger partial charge in [-0.05, 0) is 18.2 Å². The topological polar surface area (TPSA) is 103 Å². The van der Waals surface area contributed by atoms with Gasteiger partial charge in [-0.1, -0.05) is 18.2 Å². The molecule has 0 fully saturated rings. The van der Waals surface area contributed by atoms with Crippen LogP contribution in [0.3, 0.4) is 0 Å². The number of para-hydroxylation sites is 1. The standard InChI is InChI=1S/C16H17N5O3/c17-15(22)14-11-13(19-21(14)12-5-2-1-3-6-12)16(23)24-10-9-20-8-4-7-18-20/h1-8,14H,9-11H2,(H2,17,22). The molecule has 1 amide bonds. The van der Waals surface area contributed by atoms with Crippen molar-refractivity contribution in [2.75, 3.05) is 11.6 Å². The van der Waals surface area contributed by atoms with E-state index < -0.39 is 17.9 Å². The van der Waals surface area contributed by atoms with Crippen LogP contribution in [-0.4, -0.2) is 40.0 Å². The predicted molar refractivity (Wildman–Crippen MR) is 87.1 cm³/mol. The molecule has 0 saturated heterocycles. The van der Waals surface area contributed by atoms with Crippen LogP contribution in [-0.2, 0) is 20.9 Å². The summed E-state index contributed by atoms with van der Waals surface area (Å²) in [6.45, 7) is 0.625. The fourth-order valence-electron chi connectivity index (χ4n) is 2.42. The number of hydrogen-bond acceptors (Lipinski definition) is 6. The molecule has 8 heteroatoms. The normalized spacial score (nSPS) is 16.8. The number of anilines is 1. The van der Waals surface area contributed by atoms with Crippen LogP contribution in [0.25, 0.3) is 0 Å². The van der Waals surface area contributed by atoms with E-state index in [-0.39, 0.29) is 18.7 Å². The van der Waals surface area contributed by atoms with E-state index in [1.54, 1.807) is 35.3 Å². The smallest absolute Gasteiger partial charge is 0.354 e. The van der Waals surface area contributed by atoms with Gasteiger partial charge in [0.2, 0.25) is 5.91 Å². The Morgan fingerprint density at radius 1 is 1.25 bits per heavy atom. The summed E-state index contributed by atoms with van der Waals surface area (Å²) in [5, 5.41) is 9.72. The maximum Gasteiger partial charge on any atom is 0.354 e. The van der Waals surface area contributed by atoms with Crippen molar-refractivity contribution in [3.8, 4) is 0 Å². The number of rotatable bonds is 6. The van der Waals surface area contributed by atoms with Crippen molar-refractivity contribution in [1.82, 2.24) is 9.78 Å². The quantitative estimate of drug-likeness (QED) is 0.780. The minimum Gasteiger partial charge on any atom is -0.459 e. The number of nitrogens with two attached hydrogens (primary N) is 1. The number of carbonyl (C=O) groups is 2. The Labute approximate surface area is 138 Å². The Morgan fingerprint density at radius 2 is 2.04 bits per heavy atom. The number of hydrazone groups is 1. The van der Waals surface area contributed by atoms with Gasteiger partial charge in [0.15, 0.2) is 0 Å². The largest absolute Gasteiger partial charge is 0.459 e. The second-order valence-corrected chi connectivity index (χ2v) is 5.25. The van der Waals surface area contributed by atoms with Gasteiger partial charge in [-0.25, -0.2) is 4.79 Å². The molecule has 1 aromatic heterocycles. The van der Waals surface area contributed by atoms with Crippen LogP contribution in [0.5, 0.6) is 0 Å². The number of ether oxygens (including phenoxy) is 1. The first-order valence-corrected chi connectivity index (χ1v) is 7.51. The van der Waals surface area contributed by atoms with Crippen molar-refractivity contribution < 1.29 is 14.3 Å². The van der Waals surface area contributed by atoms with E-state index in [4.69, 9.17) is 10.5 Å². The van der Waals surface area contributed by atoms with E-state index in [0.717, 1.165) is 0 Å². The van der Waals surface area contributed by atoms with Crippen molar-refractivity contribution in [2.24, 2.45) is 10.8 Å². The summed E-state index contributed by atoms with van der Waals surface area (Å²) in [6, 6.07) is 10.2. The molecule has 1 unspecified atom stereocenters. The molecular weight excluding hydrogens is 310 g/mol. The summed E-state index contributed by atoms with van der Waals surface area (Å²) < 4.78 is 6.86. The summed E-state index contributed by atoms with van der Waals surface area (Å²) in [4.78, 5) is 23.8. The summed E-state index contributed by atoms with van der Waals surface area (Å²) in [5.74, 6) is -1.09. The highest BCUT2D eigenvalue weighted by molar-refractivity contribution is 6.38. The first-order chi connectivity index (χ1) is 11.6. The number of amides is 1. The Balaban J connectivity index is 1.66. The van der Waals surface area contributed by atoms with Crippen molar-refractivity contribution in [2.45, 2.75) is 19.0 Å². The zero-order valence-electron chi connectivity index (χ0n) is 12.9. The molecule has 24 heavy (non-hydrogen) atoms. The molecule has 1 aliphatic heterocycles. The highest BCUT2D eigenvalue weighted by Crippen LogP contribution is 2.24. The lowest BCUT2D eigenvalue weighted by molar-refractivity contribution is -0.135. The van der Waals surface area contributed by atoms with Gasteiger partial charge >= 0.3 is 5.97 Å². The molecular formula is C16H17N5O3. The number of benzene rings is 1. The predicted octanol–water partition coefficient (Wildman–Crippen LogP) is 0.547. The monoisotopic (exact) mass is 327 g/mol. The molecule has 1 aromatic carbocycles. The molecule has 0 aliphatic carbocycles. The van der Waals surface area contributed by atoms with Gasteiger partial charge in [-0.3, -0.25) is 14.5 Å². The van der Waals surface area contributed by atoms with Crippen LogP contribution in [0.4, 0.5) is 5.69 Å². The molecule has 0 radical (unpaired) electrons. The van der Waals surface area contributed by atoms with Crippen molar-refractivity contribution in [3.63, 3.8) is 0 Å². The van der Waals surface area contributed by atoms with Crippen LogP contribution in [0.15, 0.2) is 53.9 Å². The minimum absolute atomic E-state index is 0.130. The molecule has 0 bridgehead atoms. The summed E-state index contributed by atoms with van der Waals surface area (Å²) in [7, 11) is 0. The third kappa shape index (κ3) is 3.43. The highest BCUT2D eigenvalue weighted by atomic mass is 16.5. The van der Waals surface area contributed by atoms with Crippen molar-refractivity contribution >= 4 is 23.3 Å². The summed E-state index contributed by atoms with van der Waals surface area (Å²) in [6.07, 6.45) is 3.56. The SMILES string of the molecule is NC(=O)C1CC(C(=O)OCCn2cccn2)=NN1c1ccccc1. The Hall–Kier alpha value is -3.16. The molecule has 0 spiro atoms. The summed E-state index contributed by atoms with van der Waals surface area (Å²) >= 11 is 0. The molecule has 124 valence electrons. The third-order valence-electron chi connectivity index (χ3n) is 3.61. The van der Waals surface area contributed by atoms with Crippen LogP contribution in [0.2, 0.25) is 0 Å². The summed E-state index contributed by atoms with van der Waals surface area (Å²) in [5.41, 5.74) is 6.31. The number of aromatic nitrogens is 2. The maximum absolute atomic E-state index is 12.2. The van der Waals surface area contributed by atoms with Gasteiger partial charge in [0.05, 0.1) is 12.2 Å². The van der Waals surface area contributed by atoms with E-state index in [0.29, 0.717) is 12.2 Å². The Bertz CT molecular complexity index is 742. The average Bonchev–Trinajstić information content (AvgIpc) is 3.25. The van der Waals surface area contributed by atoms with Crippen LogP contribution in [0, 0.1) is 0 Å². The molecule has 2 aromatic rings. The van der Waals surface area contributed by atoms with E-state index in [1.165, 1.54) is 5.01 Å². The zero-order chi connectivity index (χ0) is 16.9. The van der Waals surface area contributed by atoms with Gasteiger partial charge in [0, 0.05) is 18.8 Å². The van der Waals surface area contributed by atoms with Gasteiger partial charge in [-0.2, -0.15) is 10.2 Å². The molecule has 8 nitrogen and oxygen atoms in total. The number of esters is 1. The lowest BCUT2D eigenvalue weighted by Gasteiger charge is -2.20. The van der Waals surface area contributed by atoms with Crippen molar-refractivity contribution in [1.29, 1.82) is 0 Å². The second kappa shape index (κ2) is 6.95. The zero-order valence-corrected chi connectivity index (χ0v) is 12.9. The lowest BCUT2D eigenvalue weighted by atomic mass is 10.1. The first-order valence-electron chi connectivity index (χ1n) is 7.51. The highest BCUT2D eigenvalue weighted by Gasteiger charge is 2.35. The molecule has 1 aliphatic rings. The molecule has 2 heterocycles. The van der Waals surface area contributed by atoms with Crippen molar-refractivity contribution in [3.05, 3.63) is 48.8 Å². The molecule has 1 atom stereocenters. The maximum atomic E-state index is 12.2. The van der Waals surface area contributed by atoms with Crippen LogP contribution < -0.4 is 10.7 Å². The van der Waals surface area contributed by atoms with E-state index >= 15 is 0 Å². The number of hydrogen-bond donors (Lipinski definition) is 1. The van der Waals surface area contributed by atoms with Crippen LogP contribution >= 0.6 is 0 Å². The van der Waals surface area contributed by atoms with E-state index in [1.807, 2.05) is 18.2 Å². The van der Waals surface area contributed by atoms with Crippen LogP contribution in [0.1, 0.15) is 6.42 Å². The number of carbonyl (C=O) groups excluding carboxylic acids is 2. The molecule has 0 saturated carbocycles. The minimum atomic E-state index is -0.693. The van der Waals surface area contributed by atoms with Gasteiger partial charge in [-0.15, -0.1) is 0 Å². The molecule has 3 rings (SSSR count). The number of nitrogens with zero attached hydrogens (tertiary/aromatic N) is 4.